The van der Waals surface area contributed by atoms with Crippen LogP contribution in [0.25, 0.3) is 5.69 Å². The van der Waals surface area contributed by atoms with Gasteiger partial charge in [-0.25, -0.2) is 4.39 Å². The largest absolute Gasteiger partial charge is 0.352 e. The van der Waals surface area contributed by atoms with Crippen molar-refractivity contribution in [3.63, 3.8) is 0 Å². The SMILES string of the molecule is O=C(c1ccc(F)cc1)N1CCN(c2ccc(=O)n(-c3cccc(Cl)c3)n2)CC1. The van der Waals surface area contributed by atoms with E-state index in [0.29, 0.717) is 48.3 Å². The van der Waals surface area contributed by atoms with Crippen LogP contribution >= 0.6 is 11.6 Å². The number of amides is 1. The second kappa shape index (κ2) is 8.05. The van der Waals surface area contributed by atoms with E-state index in [1.54, 1.807) is 35.2 Å². The average Bonchev–Trinajstić information content (AvgIpc) is 2.74. The van der Waals surface area contributed by atoms with Crippen molar-refractivity contribution in [2.45, 2.75) is 0 Å². The Morgan fingerprint density at radius 2 is 1.69 bits per heavy atom. The molecule has 4 rings (SSSR count). The molecule has 0 atom stereocenters. The van der Waals surface area contributed by atoms with E-state index in [-0.39, 0.29) is 17.3 Å². The smallest absolute Gasteiger partial charge is 0.271 e. The van der Waals surface area contributed by atoms with Crippen LogP contribution in [0.1, 0.15) is 10.4 Å². The van der Waals surface area contributed by atoms with Crippen molar-refractivity contribution in [1.82, 2.24) is 14.7 Å². The van der Waals surface area contributed by atoms with Gasteiger partial charge in [0.25, 0.3) is 11.5 Å². The number of hydrogen-bond donors (Lipinski definition) is 0. The number of anilines is 1. The van der Waals surface area contributed by atoms with Crippen molar-refractivity contribution in [2.24, 2.45) is 0 Å². The minimum Gasteiger partial charge on any atom is -0.352 e. The second-order valence-corrected chi connectivity index (χ2v) is 7.14. The lowest BCUT2D eigenvalue weighted by molar-refractivity contribution is 0.0746. The predicted octanol–water partition coefficient (Wildman–Crippen LogP) is 2.99. The van der Waals surface area contributed by atoms with Crippen LogP contribution < -0.4 is 10.5 Å². The summed E-state index contributed by atoms with van der Waals surface area (Å²) in [6, 6.07) is 15.6. The Morgan fingerprint density at radius 3 is 2.38 bits per heavy atom. The van der Waals surface area contributed by atoms with Crippen LogP contribution in [0.3, 0.4) is 0 Å². The molecule has 29 heavy (non-hydrogen) atoms. The number of benzene rings is 2. The fourth-order valence-corrected chi connectivity index (χ4v) is 3.46. The highest BCUT2D eigenvalue weighted by molar-refractivity contribution is 6.30. The Balaban J connectivity index is 1.49. The van der Waals surface area contributed by atoms with Crippen molar-refractivity contribution in [2.75, 3.05) is 31.1 Å². The number of nitrogens with zero attached hydrogens (tertiary/aromatic N) is 4. The van der Waals surface area contributed by atoms with E-state index in [2.05, 4.69) is 5.10 Å². The third-order valence-corrected chi connectivity index (χ3v) is 5.06. The van der Waals surface area contributed by atoms with Gasteiger partial charge in [-0.2, -0.15) is 4.68 Å². The first-order chi connectivity index (χ1) is 14.0. The molecular weight excluding hydrogens is 395 g/mol. The van der Waals surface area contributed by atoms with E-state index in [0.717, 1.165) is 0 Å². The molecule has 1 aliphatic heterocycles. The zero-order valence-corrected chi connectivity index (χ0v) is 16.2. The molecule has 8 heteroatoms. The van der Waals surface area contributed by atoms with E-state index in [1.165, 1.54) is 35.0 Å². The predicted molar refractivity (Wildman–Crippen MR) is 109 cm³/mol. The monoisotopic (exact) mass is 412 g/mol. The van der Waals surface area contributed by atoms with Crippen molar-refractivity contribution in [3.05, 3.63) is 87.4 Å². The molecule has 6 nitrogen and oxygen atoms in total. The first-order valence-corrected chi connectivity index (χ1v) is 9.55. The minimum atomic E-state index is -0.368. The summed E-state index contributed by atoms with van der Waals surface area (Å²) in [5.74, 6) is 0.159. The zero-order chi connectivity index (χ0) is 20.4. The molecule has 2 heterocycles. The van der Waals surface area contributed by atoms with E-state index < -0.39 is 0 Å². The van der Waals surface area contributed by atoms with Crippen molar-refractivity contribution >= 4 is 23.3 Å². The summed E-state index contributed by atoms with van der Waals surface area (Å²) in [6.45, 7) is 2.17. The number of carbonyl (C=O) groups excluding carboxylic acids is 1. The third kappa shape index (κ3) is 4.14. The zero-order valence-electron chi connectivity index (χ0n) is 15.5. The van der Waals surface area contributed by atoms with Crippen LogP contribution in [0.15, 0.2) is 65.5 Å². The van der Waals surface area contributed by atoms with Gasteiger partial charge in [0, 0.05) is 42.8 Å². The Labute approximate surface area is 171 Å². The first-order valence-electron chi connectivity index (χ1n) is 9.17. The van der Waals surface area contributed by atoms with Gasteiger partial charge in [0.05, 0.1) is 5.69 Å². The highest BCUT2D eigenvalue weighted by Gasteiger charge is 2.23. The Kier molecular flexibility index (Phi) is 5.31. The number of hydrogen-bond acceptors (Lipinski definition) is 4. The number of halogens is 2. The summed E-state index contributed by atoms with van der Waals surface area (Å²) in [5, 5.41) is 4.99. The van der Waals surface area contributed by atoms with E-state index in [1.807, 2.05) is 4.90 Å². The maximum Gasteiger partial charge on any atom is 0.271 e. The van der Waals surface area contributed by atoms with Gasteiger partial charge in [-0.3, -0.25) is 9.59 Å². The Hall–Kier alpha value is -3.19. The second-order valence-electron chi connectivity index (χ2n) is 6.71. The van der Waals surface area contributed by atoms with E-state index >= 15 is 0 Å². The molecule has 1 aromatic heterocycles. The van der Waals surface area contributed by atoms with Gasteiger partial charge in [0.15, 0.2) is 0 Å². The normalized spacial score (nSPS) is 14.1. The molecule has 0 N–H and O–H groups in total. The van der Waals surface area contributed by atoms with Crippen LogP contribution in [0.4, 0.5) is 10.2 Å². The molecule has 0 bridgehead atoms. The maximum atomic E-state index is 13.1. The van der Waals surface area contributed by atoms with E-state index in [4.69, 9.17) is 11.6 Å². The van der Waals surface area contributed by atoms with Crippen LogP contribution in [-0.2, 0) is 0 Å². The summed E-state index contributed by atoms with van der Waals surface area (Å²) in [4.78, 5) is 28.6. The lowest BCUT2D eigenvalue weighted by Crippen LogP contribution is -2.49. The maximum absolute atomic E-state index is 13.1. The van der Waals surface area contributed by atoms with Crippen LogP contribution in [0, 0.1) is 5.82 Å². The fraction of sp³-hybridized carbons (Fsp3) is 0.190. The molecule has 2 aromatic carbocycles. The Morgan fingerprint density at radius 1 is 0.966 bits per heavy atom. The van der Waals surface area contributed by atoms with Crippen molar-refractivity contribution in [1.29, 1.82) is 0 Å². The van der Waals surface area contributed by atoms with E-state index in [9.17, 15) is 14.0 Å². The van der Waals surface area contributed by atoms with Gasteiger partial charge in [0.1, 0.15) is 11.6 Å². The van der Waals surface area contributed by atoms with Gasteiger partial charge in [-0.15, -0.1) is 5.10 Å². The Bertz CT molecular complexity index is 1090. The summed E-state index contributed by atoms with van der Waals surface area (Å²) in [5.41, 5.74) is 0.808. The molecule has 1 aliphatic rings. The minimum absolute atomic E-state index is 0.124. The van der Waals surface area contributed by atoms with Crippen molar-refractivity contribution in [3.8, 4) is 5.69 Å². The molecule has 1 fully saturated rings. The summed E-state index contributed by atoms with van der Waals surface area (Å²) >= 11 is 6.03. The van der Waals surface area contributed by atoms with Gasteiger partial charge in [-0.05, 0) is 48.5 Å². The summed E-state index contributed by atoms with van der Waals surface area (Å²) in [6.07, 6.45) is 0. The van der Waals surface area contributed by atoms with Crippen molar-refractivity contribution < 1.29 is 9.18 Å². The van der Waals surface area contributed by atoms with Crippen LogP contribution in [0.2, 0.25) is 5.02 Å². The van der Waals surface area contributed by atoms with Gasteiger partial charge in [0.2, 0.25) is 0 Å². The molecule has 0 radical (unpaired) electrons. The highest BCUT2D eigenvalue weighted by atomic mass is 35.5. The molecule has 1 saturated heterocycles. The summed E-state index contributed by atoms with van der Waals surface area (Å²) in [7, 11) is 0. The summed E-state index contributed by atoms with van der Waals surface area (Å²) < 4.78 is 14.4. The molecule has 1 amide bonds. The molecule has 0 unspecified atom stereocenters. The van der Waals surface area contributed by atoms with Crippen LogP contribution in [0.5, 0.6) is 0 Å². The third-order valence-electron chi connectivity index (χ3n) is 4.82. The molecule has 0 spiro atoms. The molecular formula is C21H18ClFN4O2. The van der Waals surface area contributed by atoms with Gasteiger partial charge in [-0.1, -0.05) is 17.7 Å². The topological polar surface area (TPSA) is 58.4 Å². The number of carbonyl (C=O) groups is 1. The number of aromatic nitrogens is 2. The highest BCUT2D eigenvalue weighted by Crippen LogP contribution is 2.17. The molecule has 0 saturated carbocycles. The first kappa shape index (κ1) is 19.1. The number of piperazine rings is 1. The van der Waals surface area contributed by atoms with Gasteiger partial charge >= 0.3 is 0 Å². The van der Waals surface area contributed by atoms with Crippen LogP contribution in [-0.4, -0.2) is 46.8 Å². The standard InChI is InChI=1S/C21H18ClFN4O2/c22-16-2-1-3-18(14-16)27-20(28)9-8-19(24-27)25-10-12-26(13-11-25)21(29)15-4-6-17(23)7-5-15/h1-9,14H,10-13H2. The molecule has 0 aliphatic carbocycles. The number of rotatable bonds is 3. The quantitative estimate of drug-likeness (QED) is 0.663. The molecule has 3 aromatic rings. The van der Waals surface area contributed by atoms with Gasteiger partial charge < -0.3 is 9.80 Å². The molecule has 148 valence electrons. The lowest BCUT2D eigenvalue weighted by Gasteiger charge is -2.35. The average molecular weight is 413 g/mol. The lowest BCUT2D eigenvalue weighted by atomic mass is 10.2. The fourth-order valence-electron chi connectivity index (χ4n) is 3.28.